The molecule has 4 heteroatoms. The number of likely N-dealkylation sites (tertiary alicyclic amines) is 1. The molecule has 1 aliphatic heterocycles. The molecule has 0 saturated carbocycles. The van der Waals surface area contributed by atoms with E-state index in [2.05, 4.69) is 31.3 Å². The van der Waals surface area contributed by atoms with Gasteiger partial charge < -0.3 is 15.0 Å². The number of ether oxygens (including phenoxy) is 1. The zero-order chi connectivity index (χ0) is 15.2. The minimum absolute atomic E-state index is 0.117. The Bertz CT molecular complexity index is 488. The Morgan fingerprint density at radius 2 is 2.19 bits per heavy atom. The molecule has 4 nitrogen and oxygen atoms in total. The van der Waals surface area contributed by atoms with E-state index in [0.29, 0.717) is 13.0 Å². The molecule has 1 unspecified atom stereocenters. The molecule has 1 aromatic carbocycles. The summed E-state index contributed by atoms with van der Waals surface area (Å²) in [5, 5.41) is 3.49. The number of hydrogen-bond acceptors (Lipinski definition) is 3. The standard InChI is InChI=1S/C17H26N2O2/c1-4-18-15(12-19-10-6-5-7-17(19)20)14-11-13(2)8-9-16(14)21-3/h8-9,11,15,18H,4-7,10,12H2,1-3H3. The Balaban J connectivity index is 2.21. The second-order valence-electron chi connectivity index (χ2n) is 5.65. The van der Waals surface area contributed by atoms with E-state index in [1.165, 1.54) is 5.56 Å². The predicted molar refractivity (Wildman–Crippen MR) is 84.6 cm³/mol. The highest BCUT2D eigenvalue weighted by molar-refractivity contribution is 5.76. The van der Waals surface area contributed by atoms with Crippen molar-refractivity contribution in [1.29, 1.82) is 0 Å². The first kappa shape index (κ1) is 15.8. The van der Waals surface area contributed by atoms with E-state index in [4.69, 9.17) is 4.74 Å². The molecule has 2 rings (SSSR count). The van der Waals surface area contributed by atoms with Crippen LogP contribution in [0.3, 0.4) is 0 Å². The monoisotopic (exact) mass is 290 g/mol. The van der Waals surface area contributed by atoms with Crippen molar-refractivity contribution in [2.75, 3.05) is 26.7 Å². The number of rotatable bonds is 6. The molecule has 116 valence electrons. The number of carbonyl (C=O) groups is 1. The Morgan fingerprint density at radius 1 is 1.38 bits per heavy atom. The maximum atomic E-state index is 12.1. The van der Waals surface area contributed by atoms with Gasteiger partial charge >= 0.3 is 0 Å². The zero-order valence-electron chi connectivity index (χ0n) is 13.3. The van der Waals surface area contributed by atoms with Crippen LogP contribution >= 0.6 is 0 Å². The van der Waals surface area contributed by atoms with Gasteiger partial charge in [-0.2, -0.15) is 0 Å². The van der Waals surface area contributed by atoms with E-state index in [9.17, 15) is 4.79 Å². The molecular formula is C17H26N2O2. The van der Waals surface area contributed by atoms with Gasteiger partial charge in [0.15, 0.2) is 0 Å². The molecule has 21 heavy (non-hydrogen) atoms. The number of piperidine rings is 1. The number of methoxy groups -OCH3 is 1. The van der Waals surface area contributed by atoms with Gasteiger partial charge in [0.05, 0.1) is 13.2 Å². The molecule has 1 aromatic rings. The Kier molecular flexibility index (Phi) is 5.62. The molecule has 1 saturated heterocycles. The third kappa shape index (κ3) is 3.97. The van der Waals surface area contributed by atoms with Gasteiger partial charge in [-0.05, 0) is 32.4 Å². The minimum Gasteiger partial charge on any atom is -0.496 e. The van der Waals surface area contributed by atoms with E-state index in [-0.39, 0.29) is 11.9 Å². The highest BCUT2D eigenvalue weighted by Gasteiger charge is 2.24. The maximum absolute atomic E-state index is 12.1. The third-order valence-corrected chi connectivity index (χ3v) is 4.04. The van der Waals surface area contributed by atoms with Crippen LogP contribution in [0.25, 0.3) is 0 Å². The summed E-state index contributed by atoms with van der Waals surface area (Å²) in [7, 11) is 1.70. The van der Waals surface area contributed by atoms with Gasteiger partial charge in [0, 0.05) is 25.1 Å². The molecular weight excluding hydrogens is 264 g/mol. The van der Waals surface area contributed by atoms with Crippen molar-refractivity contribution in [3.63, 3.8) is 0 Å². The van der Waals surface area contributed by atoms with Gasteiger partial charge in [0.25, 0.3) is 0 Å². The number of nitrogens with one attached hydrogen (secondary N) is 1. The van der Waals surface area contributed by atoms with Crippen molar-refractivity contribution in [3.05, 3.63) is 29.3 Å². The Hall–Kier alpha value is -1.55. The number of nitrogens with zero attached hydrogens (tertiary/aromatic N) is 1. The number of aryl methyl sites for hydroxylation is 1. The molecule has 1 heterocycles. The topological polar surface area (TPSA) is 41.6 Å². The smallest absolute Gasteiger partial charge is 0.222 e. The summed E-state index contributed by atoms with van der Waals surface area (Å²) >= 11 is 0. The summed E-state index contributed by atoms with van der Waals surface area (Å²) in [6, 6.07) is 6.33. The van der Waals surface area contributed by atoms with Crippen molar-refractivity contribution in [2.45, 2.75) is 39.2 Å². The summed E-state index contributed by atoms with van der Waals surface area (Å²) < 4.78 is 5.50. The van der Waals surface area contributed by atoms with Crippen molar-refractivity contribution >= 4 is 5.91 Å². The van der Waals surface area contributed by atoms with E-state index < -0.39 is 0 Å². The molecule has 1 aliphatic rings. The fraction of sp³-hybridized carbons (Fsp3) is 0.588. The molecule has 0 aromatic heterocycles. The third-order valence-electron chi connectivity index (χ3n) is 4.04. The number of hydrogen-bond donors (Lipinski definition) is 1. The van der Waals surface area contributed by atoms with Gasteiger partial charge in [0.2, 0.25) is 5.91 Å². The second kappa shape index (κ2) is 7.46. The largest absolute Gasteiger partial charge is 0.496 e. The molecule has 1 amide bonds. The highest BCUT2D eigenvalue weighted by atomic mass is 16.5. The summed E-state index contributed by atoms with van der Waals surface area (Å²) in [6.07, 6.45) is 2.81. The lowest BCUT2D eigenvalue weighted by Crippen LogP contribution is -2.41. The molecule has 0 bridgehead atoms. The van der Waals surface area contributed by atoms with Crippen LogP contribution in [0, 0.1) is 6.92 Å². The number of amides is 1. The van der Waals surface area contributed by atoms with Crippen LogP contribution in [-0.2, 0) is 4.79 Å². The zero-order valence-corrected chi connectivity index (χ0v) is 13.3. The van der Waals surface area contributed by atoms with E-state index >= 15 is 0 Å². The van der Waals surface area contributed by atoms with Crippen LogP contribution < -0.4 is 10.1 Å². The first-order valence-electron chi connectivity index (χ1n) is 7.81. The van der Waals surface area contributed by atoms with Crippen LogP contribution in [0.4, 0.5) is 0 Å². The first-order valence-corrected chi connectivity index (χ1v) is 7.81. The number of carbonyl (C=O) groups excluding carboxylic acids is 1. The highest BCUT2D eigenvalue weighted by Crippen LogP contribution is 2.28. The first-order chi connectivity index (χ1) is 10.2. The van der Waals surface area contributed by atoms with Gasteiger partial charge in [-0.3, -0.25) is 4.79 Å². The van der Waals surface area contributed by atoms with Crippen molar-refractivity contribution < 1.29 is 9.53 Å². The minimum atomic E-state index is 0.117. The molecule has 0 spiro atoms. The normalized spacial score (nSPS) is 16.9. The predicted octanol–water partition coefficient (Wildman–Crippen LogP) is 2.67. The molecule has 0 aliphatic carbocycles. The number of benzene rings is 1. The molecule has 1 fully saturated rings. The quantitative estimate of drug-likeness (QED) is 0.876. The lowest BCUT2D eigenvalue weighted by molar-refractivity contribution is -0.133. The van der Waals surface area contributed by atoms with Crippen LogP contribution in [0.2, 0.25) is 0 Å². The SMILES string of the molecule is CCNC(CN1CCCCC1=O)c1cc(C)ccc1OC. The van der Waals surface area contributed by atoms with E-state index in [1.54, 1.807) is 7.11 Å². The second-order valence-corrected chi connectivity index (χ2v) is 5.65. The van der Waals surface area contributed by atoms with Crippen LogP contribution in [0.1, 0.15) is 43.4 Å². The van der Waals surface area contributed by atoms with E-state index in [0.717, 1.165) is 37.2 Å². The van der Waals surface area contributed by atoms with Gasteiger partial charge in [-0.1, -0.05) is 24.6 Å². The van der Waals surface area contributed by atoms with Gasteiger partial charge in [-0.25, -0.2) is 0 Å². The summed E-state index contributed by atoms with van der Waals surface area (Å²) in [4.78, 5) is 14.0. The van der Waals surface area contributed by atoms with E-state index in [1.807, 2.05) is 11.0 Å². The Morgan fingerprint density at radius 3 is 2.86 bits per heavy atom. The van der Waals surface area contributed by atoms with Crippen molar-refractivity contribution in [2.24, 2.45) is 0 Å². The fourth-order valence-corrected chi connectivity index (χ4v) is 2.92. The summed E-state index contributed by atoms with van der Waals surface area (Å²) in [6.45, 7) is 6.62. The Labute approximate surface area is 127 Å². The summed E-state index contributed by atoms with van der Waals surface area (Å²) in [5.41, 5.74) is 2.34. The number of likely N-dealkylation sites (N-methyl/N-ethyl adjacent to an activating group) is 1. The van der Waals surface area contributed by atoms with Crippen LogP contribution in [-0.4, -0.2) is 37.6 Å². The molecule has 0 radical (unpaired) electrons. The van der Waals surface area contributed by atoms with Crippen LogP contribution in [0.15, 0.2) is 18.2 Å². The van der Waals surface area contributed by atoms with Gasteiger partial charge in [-0.15, -0.1) is 0 Å². The van der Waals surface area contributed by atoms with Crippen LogP contribution in [0.5, 0.6) is 5.75 Å². The molecule has 1 atom stereocenters. The maximum Gasteiger partial charge on any atom is 0.222 e. The van der Waals surface area contributed by atoms with Crippen molar-refractivity contribution in [1.82, 2.24) is 10.2 Å². The average molecular weight is 290 g/mol. The van der Waals surface area contributed by atoms with Crippen molar-refractivity contribution in [3.8, 4) is 5.75 Å². The lowest BCUT2D eigenvalue weighted by atomic mass is 10.0. The van der Waals surface area contributed by atoms with Gasteiger partial charge in [0.1, 0.15) is 5.75 Å². The fourth-order valence-electron chi connectivity index (χ4n) is 2.92. The molecule has 1 N–H and O–H groups in total. The average Bonchev–Trinajstić information content (AvgIpc) is 2.49. The summed E-state index contributed by atoms with van der Waals surface area (Å²) in [5.74, 6) is 1.16. The lowest BCUT2D eigenvalue weighted by Gasteiger charge is -2.31.